The maximum absolute atomic E-state index is 13.1. The van der Waals surface area contributed by atoms with Crippen molar-refractivity contribution < 1.29 is 19.4 Å². The van der Waals surface area contributed by atoms with Crippen LogP contribution in [0.1, 0.15) is 17.2 Å². The van der Waals surface area contributed by atoms with Crippen molar-refractivity contribution in [2.24, 2.45) is 0 Å². The van der Waals surface area contributed by atoms with Crippen molar-refractivity contribution in [3.05, 3.63) is 70.0 Å². The van der Waals surface area contributed by atoms with Gasteiger partial charge in [-0.15, -0.1) is 5.10 Å². The Hall–Kier alpha value is -3.05. The molecule has 2 fully saturated rings. The number of carbonyl (C=O) groups excluding carboxylic acids is 2. The third-order valence-electron chi connectivity index (χ3n) is 5.69. The summed E-state index contributed by atoms with van der Waals surface area (Å²) in [7, 11) is 0. The molecule has 10 nitrogen and oxygen atoms in total. The molecule has 33 heavy (non-hydrogen) atoms. The molecule has 2 saturated heterocycles. The average Bonchev–Trinajstić information content (AvgIpc) is 3.20. The van der Waals surface area contributed by atoms with Gasteiger partial charge in [0.05, 0.1) is 12.2 Å². The molecule has 12 heteroatoms. The monoisotopic (exact) mass is 488 g/mol. The Morgan fingerprint density at radius 1 is 1.21 bits per heavy atom. The highest BCUT2D eigenvalue weighted by Gasteiger charge is 2.59. The van der Waals surface area contributed by atoms with Crippen molar-refractivity contribution in [3.63, 3.8) is 0 Å². The molecule has 3 aromatic rings. The summed E-state index contributed by atoms with van der Waals surface area (Å²) >= 11 is 12.1. The zero-order valence-corrected chi connectivity index (χ0v) is 18.5. The molecular weight excluding hydrogens is 471 g/mol. The summed E-state index contributed by atoms with van der Waals surface area (Å²) in [6.07, 6.45) is -0.625. The van der Waals surface area contributed by atoms with E-state index in [9.17, 15) is 14.7 Å². The van der Waals surface area contributed by atoms with Gasteiger partial charge in [-0.3, -0.25) is 9.59 Å². The zero-order valence-electron chi connectivity index (χ0n) is 17.0. The second-order valence-corrected chi connectivity index (χ2v) is 8.65. The quantitative estimate of drug-likeness (QED) is 0.500. The number of nitrogens with zero attached hydrogens (tertiary/aromatic N) is 5. The Balaban J connectivity index is 1.31. The maximum atomic E-state index is 13.1. The lowest BCUT2D eigenvalue weighted by Gasteiger charge is -2.28. The predicted molar refractivity (Wildman–Crippen MR) is 117 cm³/mol. The minimum Gasteiger partial charge on any atom is -0.378 e. The number of hydrogen-bond donors (Lipinski definition) is 2. The molecule has 1 aromatic heterocycles. The molecule has 2 aliphatic heterocycles. The number of aromatic nitrogens is 4. The number of aliphatic hydroxyl groups is 1. The summed E-state index contributed by atoms with van der Waals surface area (Å²) in [6.45, 7) is 0.355. The highest BCUT2D eigenvalue weighted by molar-refractivity contribution is 6.31. The molecule has 2 N–H and O–H groups in total. The van der Waals surface area contributed by atoms with Gasteiger partial charge in [-0.25, -0.2) is 4.68 Å². The molecule has 4 atom stereocenters. The molecule has 5 rings (SSSR count). The summed E-state index contributed by atoms with van der Waals surface area (Å²) in [5, 5.41) is 25.5. The number of epoxide rings is 1. The van der Waals surface area contributed by atoms with Gasteiger partial charge in [-0.05, 0) is 51.9 Å². The molecule has 2 aromatic carbocycles. The normalized spacial score (nSPS) is 22.0. The van der Waals surface area contributed by atoms with Crippen LogP contribution in [0.15, 0.2) is 48.8 Å². The number of benzene rings is 2. The Bertz CT molecular complexity index is 1210. The van der Waals surface area contributed by atoms with Crippen molar-refractivity contribution >= 4 is 35.0 Å². The highest BCUT2D eigenvalue weighted by atomic mass is 35.5. The van der Waals surface area contributed by atoms with E-state index in [2.05, 4.69) is 20.8 Å². The van der Waals surface area contributed by atoms with E-state index in [-0.39, 0.29) is 19.2 Å². The molecule has 2 amide bonds. The van der Waals surface area contributed by atoms with Crippen LogP contribution in [0.25, 0.3) is 5.69 Å². The zero-order chi connectivity index (χ0) is 23.1. The smallest absolute Gasteiger partial charge is 0.256 e. The Morgan fingerprint density at radius 2 is 2.03 bits per heavy atom. The lowest BCUT2D eigenvalue weighted by Crippen LogP contribution is -2.50. The Labute approximate surface area is 198 Å². The number of amides is 2. The van der Waals surface area contributed by atoms with E-state index in [1.54, 1.807) is 36.4 Å². The molecule has 0 aliphatic carbocycles. The molecule has 3 heterocycles. The third kappa shape index (κ3) is 4.30. The molecule has 0 bridgehead atoms. The molecule has 2 aliphatic rings. The lowest BCUT2D eigenvalue weighted by atomic mass is 10.1. The number of hydrogen-bond acceptors (Lipinski definition) is 7. The van der Waals surface area contributed by atoms with Crippen molar-refractivity contribution in [2.45, 2.75) is 30.9 Å². The number of fused-ring (bicyclic) bond motifs is 1. The van der Waals surface area contributed by atoms with Gasteiger partial charge in [0.2, 0.25) is 5.91 Å². The number of ether oxygens (including phenoxy) is 1. The summed E-state index contributed by atoms with van der Waals surface area (Å²) < 4.78 is 6.98. The summed E-state index contributed by atoms with van der Waals surface area (Å²) in [5.41, 5.74) is 1.70. The van der Waals surface area contributed by atoms with Gasteiger partial charge in [0.15, 0.2) is 6.10 Å². The van der Waals surface area contributed by atoms with Crippen LogP contribution in [0.4, 0.5) is 0 Å². The number of likely N-dealkylation sites (tertiary alicyclic amines) is 1. The first-order chi connectivity index (χ1) is 15.9. The fourth-order valence-corrected chi connectivity index (χ4v) is 4.43. The molecule has 0 radical (unpaired) electrons. The first-order valence-electron chi connectivity index (χ1n) is 10.1. The first-order valence-corrected chi connectivity index (χ1v) is 10.9. The van der Waals surface area contributed by atoms with Crippen LogP contribution in [0.2, 0.25) is 10.0 Å². The van der Waals surface area contributed by atoms with E-state index >= 15 is 0 Å². The standard InChI is InChI=1S/C21H18Cl2N6O4/c22-13-3-1-2-11(6-13)18(30)21(32)28-9-16-19(33-16)17(28)20(31)24-8-12-7-14(23)4-5-15(12)29-10-25-26-27-29/h1-7,10,16-19,30H,8-9H2,(H,24,31)/t16-,17-,18+,19-/m0/s1. The fourth-order valence-electron chi connectivity index (χ4n) is 4.04. The third-order valence-corrected chi connectivity index (χ3v) is 6.16. The topological polar surface area (TPSA) is 126 Å². The van der Waals surface area contributed by atoms with Crippen molar-refractivity contribution in [3.8, 4) is 5.69 Å². The molecule has 170 valence electrons. The molecule has 0 unspecified atom stereocenters. The average molecular weight is 489 g/mol. The van der Waals surface area contributed by atoms with Crippen LogP contribution < -0.4 is 5.32 Å². The van der Waals surface area contributed by atoms with Gasteiger partial charge in [-0.1, -0.05) is 35.3 Å². The van der Waals surface area contributed by atoms with Crippen LogP contribution in [0.3, 0.4) is 0 Å². The number of halogens is 2. The van der Waals surface area contributed by atoms with E-state index in [0.717, 1.165) is 0 Å². The largest absolute Gasteiger partial charge is 0.378 e. The second kappa shape index (κ2) is 8.71. The number of rotatable bonds is 6. The second-order valence-electron chi connectivity index (χ2n) is 7.78. The van der Waals surface area contributed by atoms with Gasteiger partial charge >= 0.3 is 0 Å². The Morgan fingerprint density at radius 3 is 2.79 bits per heavy atom. The number of carbonyl (C=O) groups is 2. The van der Waals surface area contributed by atoms with Crippen molar-refractivity contribution in [2.75, 3.05) is 6.54 Å². The van der Waals surface area contributed by atoms with E-state index in [1.165, 1.54) is 22.0 Å². The summed E-state index contributed by atoms with van der Waals surface area (Å²) in [5.74, 6) is -0.973. The van der Waals surface area contributed by atoms with Crippen LogP contribution in [-0.2, 0) is 20.9 Å². The number of nitrogens with one attached hydrogen (secondary N) is 1. The van der Waals surface area contributed by atoms with E-state index in [4.69, 9.17) is 27.9 Å². The van der Waals surface area contributed by atoms with Gasteiger partial charge in [0, 0.05) is 16.6 Å². The van der Waals surface area contributed by atoms with Crippen LogP contribution in [0.5, 0.6) is 0 Å². The minimum absolute atomic E-state index is 0.126. The number of aliphatic hydroxyl groups excluding tert-OH is 1. The van der Waals surface area contributed by atoms with Crippen LogP contribution in [0, 0.1) is 0 Å². The van der Waals surface area contributed by atoms with Gasteiger partial charge < -0.3 is 20.1 Å². The van der Waals surface area contributed by atoms with Gasteiger partial charge in [0.25, 0.3) is 5.91 Å². The first kappa shape index (κ1) is 21.8. The number of tetrazole rings is 1. The van der Waals surface area contributed by atoms with E-state index < -0.39 is 30.1 Å². The summed E-state index contributed by atoms with van der Waals surface area (Å²) in [6, 6.07) is 10.7. The van der Waals surface area contributed by atoms with Crippen LogP contribution >= 0.6 is 23.2 Å². The maximum Gasteiger partial charge on any atom is 0.256 e. The minimum atomic E-state index is -1.43. The molecule has 0 spiro atoms. The van der Waals surface area contributed by atoms with Gasteiger partial charge in [0.1, 0.15) is 24.6 Å². The lowest BCUT2D eigenvalue weighted by molar-refractivity contribution is -0.148. The summed E-state index contributed by atoms with van der Waals surface area (Å²) in [4.78, 5) is 27.5. The fraction of sp³-hybridized carbons (Fsp3) is 0.286. The SMILES string of the molecule is O=C(NCc1cc(Cl)ccc1-n1cnnn1)[C@@H]1[C@H]2O[C@H]2CN1C(=O)[C@H](O)c1cccc(Cl)c1. The van der Waals surface area contributed by atoms with E-state index in [1.807, 2.05) is 0 Å². The van der Waals surface area contributed by atoms with E-state index in [0.29, 0.717) is 26.9 Å². The molecule has 0 saturated carbocycles. The van der Waals surface area contributed by atoms with Gasteiger partial charge in [-0.2, -0.15) is 0 Å². The van der Waals surface area contributed by atoms with Crippen LogP contribution in [-0.4, -0.2) is 66.8 Å². The Kier molecular flexibility index (Phi) is 5.75. The van der Waals surface area contributed by atoms with Crippen molar-refractivity contribution in [1.29, 1.82) is 0 Å². The number of morpholine rings is 1. The van der Waals surface area contributed by atoms with Crippen molar-refractivity contribution in [1.82, 2.24) is 30.4 Å². The molecular formula is C21H18Cl2N6O4. The predicted octanol–water partition coefficient (Wildman–Crippen LogP) is 1.30. The highest BCUT2D eigenvalue weighted by Crippen LogP contribution is 2.38.